The van der Waals surface area contributed by atoms with Gasteiger partial charge in [0.25, 0.3) is 0 Å². The van der Waals surface area contributed by atoms with Crippen LogP contribution < -0.4 is 10.1 Å². The second-order valence-electron chi connectivity index (χ2n) is 3.92. The molecular weight excluding hydrogens is 258 g/mol. The smallest absolute Gasteiger partial charge is 0.411 e. The Labute approximate surface area is 116 Å². The van der Waals surface area contributed by atoms with Crippen LogP contribution in [0.3, 0.4) is 0 Å². The fourth-order valence-corrected chi connectivity index (χ4v) is 1.49. The fraction of sp³-hybridized carbons (Fsp3) is 0.133. The van der Waals surface area contributed by atoms with Crippen molar-refractivity contribution in [2.24, 2.45) is 0 Å². The van der Waals surface area contributed by atoms with E-state index in [9.17, 15) is 4.79 Å². The zero-order valence-electron chi connectivity index (χ0n) is 11.0. The van der Waals surface area contributed by atoms with Gasteiger partial charge in [0.2, 0.25) is 0 Å². The predicted octanol–water partition coefficient (Wildman–Crippen LogP) is 3.19. The van der Waals surface area contributed by atoms with Crippen LogP contribution in [0.1, 0.15) is 11.3 Å². The normalized spacial score (nSPS) is 10.4. The van der Waals surface area contributed by atoms with Crippen LogP contribution in [0, 0.1) is 0 Å². The van der Waals surface area contributed by atoms with Gasteiger partial charge in [0.1, 0.15) is 18.1 Å². The number of carbonyl (C=O) groups excluding carboxylic acids is 1. The minimum atomic E-state index is -0.524. The largest absolute Gasteiger partial charge is 0.497 e. The van der Waals surface area contributed by atoms with Gasteiger partial charge < -0.3 is 13.9 Å². The Morgan fingerprint density at radius 2 is 2.10 bits per heavy atom. The number of amides is 1. The van der Waals surface area contributed by atoms with E-state index in [2.05, 4.69) is 5.32 Å². The van der Waals surface area contributed by atoms with Crippen LogP contribution >= 0.6 is 0 Å². The van der Waals surface area contributed by atoms with Crippen molar-refractivity contribution in [2.75, 3.05) is 7.11 Å². The number of alkyl carbamates (subject to hydrolysis) is 1. The zero-order valence-corrected chi connectivity index (χ0v) is 11.0. The van der Waals surface area contributed by atoms with E-state index < -0.39 is 6.09 Å². The number of benzene rings is 1. The topological polar surface area (TPSA) is 60.7 Å². The van der Waals surface area contributed by atoms with Gasteiger partial charge in [-0.25, -0.2) is 4.79 Å². The van der Waals surface area contributed by atoms with Crippen LogP contribution in [0.2, 0.25) is 0 Å². The molecule has 1 N–H and O–H groups in total. The first-order chi connectivity index (χ1) is 9.78. The summed E-state index contributed by atoms with van der Waals surface area (Å²) in [4.78, 5) is 11.4. The summed E-state index contributed by atoms with van der Waals surface area (Å²) in [6, 6.07) is 10.8. The van der Waals surface area contributed by atoms with Crippen molar-refractivity contribution in [2.45, 2.75) is 6.61 Å². The SMILES string of the molecule is COc1ccc(COC(=O)NC=Cc2ccco2)cc1. The second kappa shape index (κ2) is 7.04. The molecule has 1 amide bonds. The average Bonchev–Trinajstić information content (AvgIpc) is 2.99. The third-order valence-electron chi connectivity index (χ3n) is 2.52. The Balaban J connectivity index is 1.74. The molecule has 0 atom stereocenters. The molecule has 2 aromatic rings. The Bertz CT molecular complexity index is 558. The molecule has 1 aromatic carbocycles. The molecule has 20 heavy (non-hydrogen) atoms. The van der Waals surface area contributed by atoms with Gasteiger partial charge >= 0.3 is 6.09 Å². The lowest BCUT2D eigenvalue weighted by Crippen LogP contribution is -2.18. The van der Waals surface area contributed by atoms with Gasteiger partial charge in [-0.3, -0.25) is 5.32 Å². The molecular formula is C15H15NO4. The van der Waals surface area contributed by atoms with E-state index in [0.29, 0.717) is 5.76 Å². The number of furan rings is 1. The van der Waals surface area contributed by atoms with E-state index in [-0.39, 0.29) is 6.61 Å². The standard InChI is InChI=1S/C15H15NO4/c1-18-13-6-4-12(5-7-13)11-20-15(17)16-9-8-14-3-2-10-19-14/h2-10H,11H2,1H3,(H,16,17). The third-order valence-corrected chi connectivity index (χ3v) is 2.52. The van der Waals surface area contributed by atoms with E-state index in [1.54, 1.807) is 31.6 Å². The Hall–Kier alpha value is -2.69. The van der Waals surface area contributed by atoms with Crippen LogP contribution in [0.25, 0.3) is 6.08 Å². The van der Waals surface area contributed by atoms with E-state index >= 15 is 0 Å². The summed E-state index contributed by atoms with van der Waals surface area (Å²) in [5.74, 6) is 1.42. The number of hydrogen-bond acceptors (Lipinski definition) is 4. The van der Waals surface area contributed by atoms with Gasteiger partial charge in [-0.2, -0.15) is 0 Å². The summed E-state index contributed by atoms with van der Waals surface area (Å²) in [5, 5.41) is 2.49. The van der Waals surface area contributed by atoms with Gasteiger partial charge in [0, 0.05) is 6.20 Å². The molecule has 104 valence electrons. The average molecular weight is 273 g/mol. The summed E-state index contributed by atoms with van der Waals surface area (Å²) in [6.07, 6.45) is 4.13. The fourth-order valence-electron chi connectivity index (χ4n) is 1.49. The lowest BCUT2D eigenvalue weighted by molar-refractivity contribution is 0.143. The third kappa shape index (κ3) is 4.20. The van der Waals surface area contributed by atoms with Gasteiger partial charge in [-0.1, -0.05) is 12.1 Å². The molecule has 0 saturated heterocycles. The number of carbonyl (C=O) groups is 1. The summed E-state index contributed by atoms with van der Waals surface area (Å²) >= 11 is 0. The molecule has 0 radical (unpaired) electrons. The van der Waals surface area contributed by atoms with Crippen molar-refractivity contribution < 1.29 is 18.7 Å². The van der Waals surface area contributed by atoms with Gasteiger partial charge in [0.05, 0.1) is 13.4 Å². The second-order valence-corrected chi connectivity index (χ2v) is 3.92. The van der Waals surface area contributed by atoms with Crippen molar-refractivity contribution in [1.29, 1.82) is 0 Å². The summed E-state index contributed by atoms with van der Waals surface area (Å²) in [6.45, 7) is 0.199. The number of hydrogen-bond donors (Lipinski definition) is 1. The molecule has 0 aliphatic rings. The quantitative estimate of drug-likeness (QED) is 0.908. The van der Waals surface area contributed by atoms with Crippen LogP contribution in [-0.4, -0.2) is 13.2 Å². The first-order valence-electron chi connectivity index (χ1n) is 6.04. The highest BCUT2D eigenvalue weighted by molar-refractivity contribution is 5.69. The maximum Gasteiger partial charge on any atom is 0.411 e. The molecule has 0 spiro atoms. The molecule has 2 rings (SSSR count). The first-order valence-corrected chi connectivity index (χ1v) is 6.04. The lowest BCUT2D eigenvalue weighted by Gasteiger charge is -2.05. The highest BCUT2D eigenvalue weighted by atomic mass is 16.5. The Morgan fingerprint density at radius 3 is 2.75 bits per heavy atom. The van der Waals surface area contributed by atoms with Crippen LogP contribution in [-0.2, 0) is 11.3 Å². The molecule has 5 heteroatoms. The molecule has 1 aromatic heterocycles. The number of nitrogens with one attached hydrogen (secondary N) is 1. The van der Waals surface area contributed by atoms with Gasteiger partial charge in [0.15, 0.2) is 0 Å². The number of rotatable bonds is 5. The number of methoxy groups -OCH3 is 1. The number of ether oxygens (including phenoxy) is 2. The molecule has 0 fully saturated rings. The Kier molecular flexibility index (Phi) is 4.83. The first kappa shape index (κ1) is 13.7. The molecule has 0 unspecified atom stereocenters. The maximum absolute atomic E-state index is 11.4. The molecule has 1 heterocycles. The molecule has 5 nitrogen and oxygen atoms in total. The van der Waals surface area contributed by atoms with Gasteiger partial charge in [-0.15, -0.1) is 0 Å². The van der Waals surface area contributed by atoms with E-state index in [1.165, 1.54) is 6.20 Å². The minimum Gasteiger partial charge on any atom is -0.497 e. The molecule has 0 saturated carbocycles. The summed E-state index contributed by atoms with van der Waals surface area (Å²) in [7, 11) is 1.60. The molecule has 0 aliphatic carbocycles. The molecule has 0 aliphatic heterocycles. The van der Waals surface area contributed by atoms with Crippen molar-refractivity contribution in [3.63, 3.8) is 0 Å². The van der Waals surface area contributed by atoms with E-state index in [4.69, 9.17) is 13.9 Å². The highest BCUT2D eigenvalue weighted by Gasteiger charge is 2.00. The van der Waals surface area contributed by atoms with Crippen LogP contribution in [0.4, 0.5) is 4.79 Å². The van der Waals surface area contributed by atoms with Crippen molar-refractivity contribution in [3.8, 4) is 5.75 Å². The highest BCUT2D eigenvalue weighted by Crippen LogP contribution is 2.11. The summed E-state index contributed by atoms with van der Waals surface area (Å²) in [5.41, 5.74) is 0.885. The van der Waals surface area contributed by atoms with E-state index in [0.717, 1.165) is 11.3 Å². The summed E-state index contributed by atoms with van der Waals surface area (Å²) < 4.78 is 15.2. The van der Waals surface area contributed by atoms with Crippen molar-refractivity contribution in [1.82, 2.24) is 5.32 Å². The minimum absolute atomic E-state index is 0.199. The monoisotopic (exact) mass is 273 g/mol. The predicted molar refractivity (Wildman–Crippen MR) is 74.1 cm³/mol. The van der Waals surface area contributed by atoms with Crippen LogP contribution in [0.5, 0.6) is 5.75 Å². The zero-order chi connectivity index (χ0) is 14.2. The molecule has 0 bridgehead atoms. The maximum atomic E-state index is 11.4. The lowest BCUT2D eigenvalue weighted by atomic mass is 10.2. The van der Waals surface area contributed by atoms with Crippen molar-refractivity contribution >= 4 is 12.2 Å². The van der Waals surface area contributed by atoms with Gasteiger partial charge in [-0.05, 0) is 35.9 Å². The Morgan fingerprint density at radius 1 is 1.30 bits per heavy atom. The van der Waals surface area contributed by atoms with Crippen molar-refractivity contribution in [3.05, 3.63) is 60.2 Å². The van der Waals surface area contributed by atoms with Crippen LogP contribution in [0.15, 0.2) is 53.3 Å². The van der Waals surface area contributed by atoms with E-state index in [1.807, 2.05) is 24.3 Å².